The van der Waals surface area contributed by atoms with E-state index in [0.29, 0.717) is 6.42 Å². The van der Waals surface area contributed by atoms with E-state index < -0.39 is 11.5 Å². The van der Waals surface area contributed by atoms with E-state index in [4.69, 9.17) is 5.73 Å². The number of aromatic nitrogens is 2. The van der Waals surface area contributed by atoms with Crippen LogP contribution < -0.4 is 5.73 Å². The van der Waals surface area contributed by atoms with Gasteiger partial charge < -0.3 is 10.7 Å². The third kappa shape index (κ3) is 3.78. The number of nitrogens with two attached hydrogens (primary N) is 1. The fourth-order valence-electron chi connectivity index (χ4n) is 1.44. The molecule has 0 aromatic carbocycles. The quantitative estimate of drug-likeness (QED) is 0.767. The first-order valence-electron chi connectivity index (χ1n) is 5.59. The van der Waals surface area contributed by atoms with Gasteiger partial charge in [0.1, 0.15) is 5.78 Å². The van der Waals surface area contributed by atoms with Crippen LogP contribution in [0.15, 0.2) is 12.5 Å². The fourth-order valence-corrected chi connectivity index (χ4v) is 1.44. The molecular weight excluding hydrogens is 218 g/mol. The Labute approximate surface area is 101 Å². The molecule has 94 valence electrons. The van der Waals surface area contributed by atoms with Gasteiger partial charge in [-0.2, -0.15) is 0 Å². The first kappa shape index (κ1) is 13.6. The summed E-state index contributed by atoms with van der Waals surface area (Å²) in [6.07, 6.45) is 3.79. The van der Waals surface area contributed by atoms with Crippen molar-refractivity contribution in [3.63, 3.8) is 0 Å². The van der Waals surface area contributed by atoms with E-state index in [0.717, 1.165) is 5.69 Å². The van der Waals surface area contributed by atoms with Gasteiger partial charge in [-0.05, 0) is 6.92 Å². The first-order valence-corrected chi connectivity index (χ1v) is 5.59. The summed E-state index contributed by atoms with van der Waals surface area (Å²) in [5.74, 6) is -0.0978. The third-order valence-electron chi connectivity index (χ3n) is 2.98. The van der Waals surface area contributed by atoms with Crippen molar-refractivity contribution in [2.45, 2.75) is 39.7 Å². The van der Waals surface area contributed by atoms with Crippen molar-refractivity contribution >= 4 is 11.6 Å². The van der Waals surface area contributed by atoms with E-state index >= 15 is 0 Å². The Hall–Kier alpha value is -1.49. The number of carbonyl (C=O) groups excluding carboxylic acids is 2. The van der Waals surface area contributed by atoms with Gasteiger partial charge in [-0.15, -0.1) is 0 Å². The zero-order valence-corrected chi connectivity index (χ0v) is 10.5. The second-order valence-electron chi connectivity index (χ2n) is 4.97. The van der Waals surface area contributed by atoms with E-state index in [1.807, 2.05) is 0 Å². The highest BCUT2D eigenvalue weighted by Gasteiger charge is 2.29. The topological polar surface area (TPSA) is 88.8 Å². The summed E-state index contributed by atoms with van der Waals surface area (Å²) in [7, 11) is 0. The Morgan fingerprint density at radius 2 is 2.18 bits per heavy atom. The molecule has 0 aliphatic carbocycles. The number of nitrogens with zero attached hydrogens (tertiary/aromatic N) is 1. The van der Waals surface area contributed by atoms with Crippen LogP contribution >= 0.6 is 0 Å². The molecule has 0 aliphatic heterocycles. The summed E-state index contributed by atoms with van der Waals surface area (Å²) < 4.78 is 0. The number of hydrogen-bond donors (Lipinski definition) is 2. The molecule has 0 aliphatic rings. The minimum absolute atomic E-state index is 0.000379. The Bertz CT molecular complexity index is 396. The average molecular weight is 237 g/mol. The molecule has 3 N–H and O–H groups in total. The van der Waals surface area contributed by atoms with Crippen LogP contribution in [0.2, 0.25) is 0 Å². The summed E-state index contributed by atoms with van der Waals surface area (Å²) in [4.78, 5) is 30.0. The SMILES string of the molecule is CC(=O)C(C)(C)CC(=O)C(N)Cc1cnc[nH]1. The average Bonchev–Trinajstić information content (AvgIpc) is 2.69. The van der Waals surface area contributed by atoms with Crippen LogP contribution in [-0.2, 0) is 16.0 Å². The standard InChI is InChI=1S/C12H19N3O2/c1-8(16)12(2,3)5-11(17)10(13)4-9-6-14-7-15-9/h6-7,10H,4-5,13H2,1-3H3,(H,14,15). The Morgan fingerprint density at radius 1 is 1.53 bits per heavy atom. The molecule has 0 saturated heterocycles. The van der Waals surface area contributed by atoms with Crippen LogP contribution in [0, 0.1) is 5.41 Å². The molecule has 17 heavy (non-hydrogen) atoms. The predicted octanol–water partition coefficient (Wildman–Crippen LogP) is 0.854. The highest BCUT2D eigenvalue weighted by Crippen LogP contribution is 2.22. The molecule has 0 saturated carbocycles. The lowest BCUT2D eigenvalue weighted by Gasteiger charge is -2.21. The van der Waals surface area contributed by atoms with E-state index in [9.17, 15) is 9.59 Å². The number of H-pyrrole nitrogens is 1. The number of imidazole rings is 1. The molecule has 5 nitrogen and oxygen atoms in total. The number of ketones is 2. The number of nitrogens with one attached hydrogen (secondary N) is 1. The van der Waals surface area contributed by atoms with Gasteiger partial charge in [-0.1, -0.05) is 13.8 Å². The van der Waals surface area contributed by atoms with Crippen molar-refractivity contribution in [3.8, 4) is 0 Å². The molecule has 1 heterocycles. The smallest absolute Gasteiger partial charge is 0.150 e. The summed E-state index contributed by atoms with van der Waals surface area (Å²) >= 11 is 0. The maximum atomic E-state index is 11.9. The second-order valence-corrected chi connectivity index (χ2v) is 4.97. The van der Waals surface area contributed by atoms with Crippen LogP contribution in [0.4, 0.5) is 0 Å². The van der Waals surface area contributed by atoms with Crippen LogP contribution in [0.3, 0.4) is 0 Å². The fraction of sp³-hybridized carbons (Fsp3) is 0.583. The minimum atomic E-state index is -0.636. The predicted molar refractivity (Wildman–Crippen MR) is 64.4 cm³/mol. The molecule has 5 heteroatoms. The monoisotopic (exact) mass is 237 g/mol. The van der Waals surface area contributed by atoms with Gasteiger partial charge in [0.05, 0.1) is 12.4 Å². The Balaban J connectivity index is 2.56. The zero-order valence-electron chi connectivity index (χ0n) is 10.5. The molecular formula is C12H19N3O2. The van der Waals surface area contributed by atoms with Crippen LogP contribution in [-0.4, -0.2) is 27.6 Å². The van der Waals surface area contributed by atoms with Gasteiger partial charge in [0.2, 0.25) is 0 Å². The molecule has 0 spiro atoms. The Kier molecular flexibility index (Phi) is 4.17. The molecule has 1 rings (SSSR count). The van der Waals surface area contributed by atoms with Gasteiger partial charge in [0.25, 0.3) is 0 Å². The molecule has 1 unspecified atom stereocenters. The number of Topliss-reactive ketones (excluding diaryl/α,β-unsaturated/α-hetero) is 2. The molecule has 0 amide bonds. The largest absolute Gasteiger partial charge is 0.348 e. The highest BCUT2D eigenvalue weighted by atomic mass is 16.1. The van der Waals surface area contributed by atoms with E-state index in [-0.39, 0.29) is 18.0 Å². The molecule has 1 aromatic heterocycles. The van der Waals surface area contributed by atoms with Crippen molar-refractivity contribution in [1.29, 1.82) is 0 Å². The normalized spacial score (nSPS) is 13.4. The van der Waals surface area contributed by atoms with Crippen LogP contribution in [0.1, 0.15) is 32.9 Å². The second kappa shape index (κ2) is 5.23. The summed E-state index contributed by atoms with van der Waals surface area (Å²) in [5.41, 5.74) is 6.00. The molecule has 0 fully saturated rings. The van der Waals surface area contributed by atoms with Crippen LogP contribution in [0.5, 0.6) is 0 Å². The van der Waals surface area contributed by atoms with Crippen molar-refractivity contribution in [2.75, 3.05) is 0 Å². The summed E-state index contributed by atoms with van der Waals surface area (Å²) in [5, 5.41) is 0. The number of carbonyl (C=O) groups is 2. The van der Waals surface area contributed by atoms with Crippen LogP contribution in [0.25, 0.3) is 0 Å². The number of aromatic amines is 1. The minimum Gasteiger partial charge on any atom is -0.348 e. The van der Waals surface area contributed by atoms with Crippen molar-refractivity contribution < 1.29 is 9.59 Å². The van der Waals surface area contributed by atoms with Crippen molar-refractivity contribution in [2.24, 2.45) is 11.1 Å². The number of hydrogen-bond acceptors (Lipinski definition) is 4. The summed E-state index contributed by atoms with van der Waals surface area (Å²) in [6, 6.07) is -0.589. The molecule has 0 radical (unpaired) electrons. The van der Waals surface area contributed by atoms with Gasteiger partial charge in [0, 0.05) is 30.1 Å². The highest BCUT2D eigenvalue weighted by molar-refractivity contribution is 5.91. The maximum Gasteiger partial charge on any atom is 0.150 e. The van der Waals surface area contributed by atoms with E-state index in [2.05, 4.69) is 9.97 Å². The lowest BCUT2D eigenvalue weighted by Crippen LogP contribution is -2.37. The van der Waals surface area contributed by atoms with Gasteiger partial charge in [-0.25, -0.2) is 4.98 Å². The lowest BCUT2D eigenvalue weighted by atomic mass is 9.82. The maximum absolute atomic E-state index is 11.9. The lowest BCUT2D eigenvalue weighted by molar-refractivity contribution is -0.131. The first-order chi connectivity index (χ1) is 7.83. The van der Waals surface area contributed by atoms with Crippen molar-refractivity contribution in [3.05, 3.63) is 18.2 Å². The van der Waals surface area contributed by atoms with Gasteiger partial charge in [0.15, 0.2) is 5.78 Å². The zero-order chi connectivity index (χ0) is 13.1. The molecule has 1 aromatic rings. The summed E-state index contributed by atoms with van der Waals surface area (Å²) in [6.45, 7) is 5.01. The van der Waals surface area contributed by atoms with Crippen molar-refractivity contribution in [1.82, 2.24) is 9.97 Å². The van der Waals surface area contributed by atoms with E-state index in [1.54, 1.807) is 26.4 Å². The molecule has 1 atom stereocenters. The Morgan fingerprint density at radius 3 is 2.65 bits per heavy atom. The van der Waals surface area contributed by atoms with Gasteiger partial charge in [-0.3, -0.25) is 9.59 Å². The number of rotatable bonds is 6. The third-order valence-corrected chi connectivity index (χ3v) is 2.98. The van der Waals surface area contributed by atoms with Gasteiger partial charge >= 0.3 is 0 Å². The molecule has 0 bridgehead atoms. The van der Waals surface area contributed by atoms with E-state index in [1.165, 1.54) is 6.92 Å².